The molecule has 0 aliphatic carbocycles. The summed E-state index contributed by atoms with van der Waals surface area (Å²) in [6.45, 7) is 4.12. The fourth-order valence-electron chi connectivity index (χ4n) is 2.24. The molecule has 1 aromatic carbocycles. The van der Waals surface area contributed by atoms with Gasteiger partial charge in [0.05, 0.1) is 11.0 Å². The third-order valence-corrected chi connectivity index (χ3v) is 5.52. The van der Waals surface area contributed by atoms with Crippen LogP contribution < -0.4 is 0 Å². The summed E-state index contributed by atoms with van der Waals surface area (Å²) in [4.78, 5) is 14.3. The van der Waals surface area contributed by atoms with Gasteiger partial charge in [0, 0.05) is 18.2 Å². The molecule has 122 valence electrons. The van der Waals surface area contributed by atoms with Crippen LogP contribution in [0.1, 0.15) is 30.3 Å². The van der Waals surface area contributed by atoms with E-state index >= 15 is 0 Å². The van der Waals surface area contributed by atoms with E-state index in [1.54, 1.807) is 30.5 Å². The third-order valence-electron chi connectivity index (χ3n) is 3.59. The lowest BCUT2D eigenvalue weighted by Gasteiger charge is -2.31. The summed E-state index contributed by atoms with van der Waals surface area (Å²) in [5.74, 6) is 0.889. The zero-order valence-corrected chi connectivity index (χ0v) is 13.9. The predicted octanol–water partition coefficient (Wildman–Crippen LogP) is 4.54. The topological polar surface area (TPSA) is 20.3 Å². The van der Waals surface area contributed by atoms with E-state index in [0.29, 0.717) is 12.1 Å². The van der Waals surface area contributed by atoms with E-state index in [1.165, 1.54) is 12.1 Å². The van der Waals surface area contributed by atoms with Crippen molar-refractivity contribution in [3.63, 3.8) is 0 Å². The van der Waals surface area contributed by atoms with Crippen molar-refractivity contribution >= 4 is 29.3 Å². The highest BCUT2D eigenvalue weighted by Crippen LogP contribution is 2.41. The fourth-order valence-corrected chi connectivity index (χ4v) is 3.61. The Hall–Kier alpha value is -0.880. The molecule has 1 fully saturated rings. The fraction of sp³-hybridized carbons (Fsp3) is 0.533. The normalized spacial score (nSPS) is 19.5. The molecule has 2 rings (SSSR count). The van der Waals surface area contributed by atoms with Crippen LogP contribution in [0.5, 0.6) is 0 Å². The lowest BCUT2D eigenvalue weighted by molar-refractivity contribution is -0.139. The average Bonchev–Trinajstić information content (AvgIpc) is 2.94. The van der Waals surface area contributed by atoms with E-state index in [0.717, 1.165) is 17.9 Å². The lowest BCUT2D eigenvalue weighted by atomic mass is 9.94. The third kappa shape index (κ3) is 3.54. The van der Waals surface area contributed by atoms with Gasteiger partial charge in [-0.3, -0.25) is 4.79 Å². The second kappa shape index (κ2) is 6.32. The van der Waals surface area contributed by atoms with Crippen molar-refractivity contribution in [3.05, 3.63) is 35.4 Å². The lowest BCUT2D eigenvalue weighted by Crippen LogP contribution is -2.41. The molecule has 7 heteroatoms. The van der Waals surface area contributed by atoms with Crippen LogP contribution in [0.2, 0.25) is 0 Å². The average molecular weight is 352 g/mol. The van der Waals surface area contributed by atoms with Crippen LogP contribution in [0.4, 0.5) is 13.2 Å². The monoisotopic (exact) mass is 351 g/mol. The molecule has 0 spiro atoms. The Bertz CT molecular complexity index is 545. The maximum atomic E-state index is 12.6. The van der Waals surface area contributed by atoms with Gasteiger partial charge in [-0.15, -0.1) is 23.4 Å². The molecule has 0 bridgehead atoms. The molecular weight excluding hydrogens is 335 g/mol. The first-order valence-electron chi connectivity index (χ1n) is 6.82. The van der Waals surface area contributed by atoms with Crippen LogP contribution in [-0.4, -0.2) is 29.0 Å². The van der Waals surface area contributed by atoms with Crippen LogP contribution in [0.25, 0.3) is 0 Å². The largest absolute Gasteiger partial charge is 0.416 e. The Morgan fingerprint density at radius 3 is 2.41 bits per heavy atom. The molecule has 22 heavy (non-hydrogen) atoms. The molecule has 1 aliphatic heterocycles. The van der Waals surface area contributed by atoms with Crippen molar-refractivity contribution in [1.82, 2.24) is 4.90 Å². The molecule has 0 saturated carbocycles. The second-order valence-corrected chi connectivity index (χ2v) is 7.31. The summed E-state index contributed by atoms with van der Waals surface area (Å²) in [7, 11) is 0. The van der Waals surface area contributed by atoms with Gasteiger partial charge in [-0.05, 0) is 31.5 Å². The first-order chi connectivity index (χ1) is 10.2. The minimum atomic E-state index is -4.35. The standard InChI is InChI=1S/C15H17ClF3NOS/c1-14(2,9-16)13(21)20-7-8-22-12(20)10-3-5-11(6-4-10)15(17,18)19/h3-6,12H,7-9H2,1-2H3/t12-/m0/s1. The number of hydrogen-bond donors (Lipinski definition) is 0. The summed E-state index contributed by atoms with van der Waals surface area (Å²) in [6, 6.07) is 5.01. The second-order valence-electron chi connectivity index (χ2n) is 5.86. The maximum absolute atomic E-state index is 12.6. The Kier molecular flexibility index (Phi) is 5.02. The number of thioether (sulfide) groups is 1. The number of halogens is 4. The molecule has 1 amide bonds. The summed E-state index contributed by atoms with van der Waals surface area (Å²) in [5.41, 5.74) is -0.663. The zero-order chi connectivity index (χ0) is 16.5. The molecule has 0 radical (unpaired) electrons. The first-order valence-corrected chi connectivity index (χ1v) is 8.41. The van der Waals surface area contributed by atoms with Crippen LogP contribution >= 0.6 is 23.4 Å². The van der Waals surface area contributed by atoms with Crippen molar-refractivity contribution in [2.45, 2.75) is 25.4 Å². The van der Waals surface area contributed by atoms with Gasteiger partial charge in [-0.2, -0.15) is 13.2 Å². The van der Waals surface area contributed by atoms with Crippen LogP contribution in [0.3, 0.4) is 0 Å². The van der Waals surface area contributed by atoms with Crippen molar-refractivity contribution in [1.29, 1.82) is 0 Å². The zero-order valence-electron chi connectivity index (χ0n) is 12.3. The number of alkyl halides is 4. The Morgan fingerprint density at radius 2 is 1.91 bits per heavy atom. The van der Waals surface area contributed by atoms with E-state index in [4.69, 9.17) is 11.6 Å². The smallest absolute Gasteiger partial charge is 0.325 e. The van der Waals surface area contributed by atoms with E-state index < -0.39 is 17.2 Å². The Labute approximate surface area is 137 Å². The van der Waals surface area contributed by atoms with Gasteiger partial charge in [-0.1, -0.05) is 12.1 Å². The minimum Gasteiger partial charge on any atom is -0.325 e. The van der Waals surface area contributed by atoms with Crippen LogP contribution in [-0.2, 0) is 11.0 Å². The molecule has 0 N–H and O–H groups in total. The summed E-state index contributed by atoms with van der Waals surface area (Å²) >= 11 is 7.40. The maximum Gasteiger partial charge on any atom is 0.416 e. The van der Waals surface area contributed by atoms with Crippen molar-refractivity contribution in [2.24, 2.45) is 5.41 Å². The first kappa shape index (κ1) is 17.5. The van der Waals surface area contributed by atoms with Gasteiger partial charge in [0.1, 0.15) is 5.37 Å². The van der Waals surface area contributed by atoms with E-state index in [9.17, 15) is 18.0 Å². The number of carbonyl (C=O) groups is 1. The molecule has 0 aromatic heterocycles. The van der Waals surface area contributed by atoms with E-state index in [-0.39, 0.29) is 17.2 Å². The number of benzene rings is 1. The van der Waals surface area contributed by atoms with Gasteiger partial charge in [0.2, 0.25) is 5.91 Å². The number of hydrogen-bond acceptors (Lipinski definition) is 2. The van der Waals surface area contributed by atoms with Crippen LogP contribution in [0.15, 0.2) is 24.3 Å². The van der Waals surface area contributed by atoms with Crippen LogP contribution in [0, 0.1) is 5.41 Å². The Morgan fingerprint density at radius 1 is 1.32 bits per heavy atom. The van der Waals surface area contributed by atoms with Gasteiger partial charge in [0.25, 0.3) is 0 Å². The molecule has 1 saturated heterocycles. The molecular formula is C15H17ClF3NOS. The van der Waals surface area contributed by atoms with Crippen molar-refractivity contribution < 1.29 is 18.0 Å². The number of nitrogens with zero attached hydrogens (tertiary/aromatic N) is 1. The molecule has 1 aliphatic rings. The molecule has 0 unspecified atom stereocenters. The van der Waals surface area contributed by atoms with E-state index in [2.05, 4.69) is 0 Å². The summed E-state index contributed by atoms with van der Waals surface area (Å²) < 4.78 is 37.9. The molecule has 1 atom stereocenters. The van der Waals surface area contributed by atoms with Crippen molar-refractivity contribution in [3.8, 4) is 0 Å². The molecule has 1 aromatic rings. The Balaban J connectivity index is 2.22. The highest BCUT2D eigenvalue weighted by molar-refractivity contribution is 7.99. The number of rotatable bonds is 3. The highest BCUT2D eigenvalue weighted by atomic mass is 35.5. The van der Waals surface area contributed by atoms with Crippen molar-refractivity contribution in [2.75, 3.05) is 18.2 Å². The summed E-state index contributed by atoms with van der Waals surface area (Å²) in [5, 5.41) is -0.253. The highest BCUT2D eigenvalue weighted by Gasteiger charge is 2.38. The SMILES string of the molecule is CC(C)(CCl)C(=O)N1CCS[C@H]1c1ccc(C(F)(F)F)cc1. The summed E-state index contributed by atoms with van der Waals surface area (Å²) in [6.07, 6.45) is -4.35. The molecule has 1 heterocycles. The minimum absolute atomic E-state index is 0.0719. The van der Waals surface area contributed by atoms with Gasteiger partial charge in [-0.25, -0.2) is 0 Å². The van der Waals surface area contributed by atoms with Gasteiger partial charge >= 0.3 is 6.18 Å². The quantitative estimate of drug-likeness (QED) is 0.745. The van der Waals surface area contributed by atoms with Gasteiger partial charge < -0.3 is 4.90 Å². The molecule has 2 nitrogen and oxygen atoms in total. The van der Waals surface area contributed by atoms with Gasteiger partial charge in [0.15, 0.2) is 0 Å². The number of amides is 1. The predicted molar refractivity (Wildman–Crippen MR) is 82.9 cm³/mol. The van der Waals surface area contributed by atoms with E-state index in [1.807, 2.05) is 0 Å². The number of carbonyl (C=O) groups excluding carboxylic acids is 1.